The Balaban J connectivity index is 1.72. The molecule has 2 aromatic rings. The number of carbonyl (C=O) groups excluding carboxylic acids is 2. The van der Waals surface area contributed by atoms with E-state index in [0.717, 1.165) is 12.0 Å². The van der Waals surface area contributed by atoms with E-state index in [1.165, 1.54) is 12.0 Å². The number of nitrogens with zero attached hydrogens (tertiary/aromatic N) is 2. The zero-order valence-corrected chi connectivity index (χ0v) is 20.0. The molecule has 0 bridgehead atoms. The predicted molar refractivity (Wildman–Crippen MR) is 124 cm³/mol. The molecule has 0 saturated carbocycles. The molecule has 32 heavy (non-hydrogen) atoms. The van der Waals surface area contributed by atoms with Crippen molar-refractivity contribution < 1.29 is 23.8 Å². The molecule has 0 fully saturated rings. The lowest BCUT2D eigenvalue weighted by molar-refractivity contribution is -0.144. The maximum atomic E-state index is 13.3. The van der Waals surface area contributed by atoms with Crippen molar-refractivity contribution in [3.8, 4) is 5.75 Å². The topological polar surface area (TPSA) is 68.3 Å². The number of benzene rings is 1. The molecule has 1 aliphatic heterocycles. The second-order valence-electron chi connectivity index (χ2n) is 7.51. The summed E-state index contributed by atoms with van der Waals surface area (Å²) in [5.74, 6) is 0.383. The number of methoxy groups -OCH3 is 2. The van der Waals surface area contributed by atoms with E-state index in [9.17, 15) is 9.59 Å². The Morgan fingerprint density at radius 1 is 1.19 bits per heavy atom. The summed E-state index contributed by atoms with van der Waals surface area (Å²) in [6, 6.07) is 9.01. The van der Waals surface area contributed by atoms with E-state index in [0.29, 0.717) is 43.5 Å². The van der Waals surface area contributed by atoms with Crippen molar-refractivity contribution in [2.75, 3.05) is 53.7 Å². The molecule has 1 unspecified atom stereocenters. The normalized spacial score (nSPS) is 15.3. The maximum absolute atomic E-state index is 13.3. The highest BCUT2D eigenvalue weighted by molar-refractivity contribution is 7.10. The monoisotopic (exact) mass is 480 g/mol. The number of amides is 2. The van der Waals surface area contributed by atoms with E-state index < -0.39 is 0 Å². The number of hydrogen-bond donors (Lipinski definition) is 0. The van der Waals surface area contributed by atoms with Crippen molar-refractivity contribution in [1.82, 2.24) is 9.80 Å². The van der Waals surface area contributed by atoms with Gasteiger partial charge in [0, 0.05) is 43.8 Å². The van der Waals surface area contributed by atoms with E-state index in [2.05, 4.69) is 6.07 Å². The summed E-state index contributed by atoms with van der Waals surface area (Å²) in [5.41, 5.74) is 1.11. The number of hydrogen-bond acceptors (Lipinski definition) is 6. The molecule has 9 heteroatoms. The lowest BCUT2D eigenvalue weighted by Gasteiger charge is -2.37. The summed E-state index contributed by atoms with van der Waals surface area (Å²) in [6.45, 7) is 1.81. The Morgan fingerprint density at radius 2 is 1.97 bits per heavy atom. The fraction of sp³-hybridized carbons (Fsp3) is 0.478. The van der Waals surface area contributed by atoms with Gasteiger partial charge in [0.05, 0.1) is 12.6 Å². The number of carbonyl (C=O) groups is 2. The van der Waals surface area contributed by atoms with Crippen LogP contribution in [0.25, 0.3) is 0 Å². The van der Waals surface area contributed by atoms with Gasteiger partial charge in [-0.1, -0.05) is 11.6 Å². The van der Waals surface area contributed by atoms with Gasteiger partial charge in [-0.15, -0.1) is 11.3 Å². The summed E-state index contributed by atoms with van der Waals surface area (Å²) in [4.78, 5) is 30.5. The van der Waals surface area contributed by atoms with Crippen LogP contribution in [0, 0.1) is 0 Å². The first kappa shape index (κ1) is 24.5. The average Bonchev–Trinajstić information content (AvgIpc) is 3.27. The molecule has 1 aliphatic rings. The van der Waals surface area contributed by atoms with Crippen molar-refractivity contribution in [3.63, 3.8) is 0 Å². The van der Waals surface area contributed by atoms with E-state index in [1.54, 1.807) is 35.5 Å². The van der Waals surface area contributed by atoms with E-state index in [-0.39, 0.29) is 31.0 Å². The van der Waals surface area contributed by atoms with Crippen LogP contribution in [-0.4, -0.2) is 75.3 Å². The van der Waals surface area contributed by atoms with Gasteiger partial charge in [0.1, 0.15) is 19.0 Å². The summed E-state index contributed by atoms with van der Waals surface area (Å²) < 4.78 is 16.1. The fourth-order valence-electron chi connectivity index (χ4n) is 3.74. The van der Waals surface area contributed by atoms with E-state index in [4.69, 9.17) is 25.8 Å². The number of halogens is 1. The Labute approximate surface area is 197 Å². The van der Waals surface area contributed by atoms with Crippen molar-refractivity contribution in [1.29, 1.82) is 0 Å². The minimum absolute atomic E-state index is 0.00280. The van der Waals surface area contributed by atoms with E-state index >= 15 is 0 Å². The molecule has 0 radical (unpaired) electrons. The molecule has 0 saturated heterocycles. The molecule has 7 nitrogen and oxygen atoms in total. The van der Waals surface area contributed by atoms with Crippen LogP contribution < -0.4 is 4.74 Å². The number of fused-ring (bicyclic) bond motifs is 1. The van der Waals surface area contributed by atoms with Crippen molar-refractivity contribution in [3.05, 3.63) is 51.2 Å². The Morgan fingerprint density at radius 3 is 2.69 bits per heavy atom. The molecule has 1 aromatic heterocycles. The predicted octanol–water partition coefficient (Wildman–Crippen LogP) is 3.42. The van der Waals surface area contributed by atoms with Gasteiger partial charge in [-0.3, -0.25) is 9.59 Å². The third-order valence-corrected chi connectivity index (χ3v) is 6.61. The second kappa shape index (κ2) is 12.2. The van der Waals surface area contributed by atoms with Gasteiger partial charge >= 0.3 is 0 Å². The van der Waals surface area contributed by atoms with Gasteiger partial charge in [0.15, 0.2) is 0 Å². The molecule has 0 spiro atoms. The van der Waals surface area contributed by atoms with Crippen LogP contribution in [0.3, 0.4) is 0 Å². The molecule has 3 rings (SSSR count). The van der Waals surface area contributed by atoms with Crippen molar-refractivity contribution in [2.24, 2.45) is 0 Å². The van der Waals surface area contributed by atoms with Crippen molar-refractivity contribution in [2.45, 2.75) is 18.9 Å². The average molecular weight is 481 g/mol. The zero-order valence-electron chi connectivity index (χ0n) is 18.4. The Hall–Kier alpha value is -2.13. The Kier molecular flexibility index (Phi) is 9.35. The zero-order chi connectivity index (χ0) is 22.9. The highest BCUT2D eigenvalue weighted by atomic mass is 35.5. The number of thiophene rings is 1. The van der Waals surface area contributed by atoms with Gasteiger partial charge in [-0.05, 0) is 54.1 Å². The second-order valence-corrected chi connectivity index (χ2v) is 8.95. The van der Waals surface area contributed by atoms with Crippen LogP contribution in [0.15, 0.2) is 35.7 Å². The van der Waals surface area contributed by atoms with Gasteiger partial charge < -0.3 is 24.0 Å². The highest BCUT2D eigenvalue weighted by Gasteiger charge is 2.33. The first-order valence-electron chi connectivity index (χ1n) is 10.5. The van der Waals surface area contributed by atoms with Crippen LogP contribution in [0.1, 0.15) is 22.9 Å². The van der Waals surface area contributed by atoms with Crippen LogP contribution >= 0.6 is 22.9 Å². The highest BCUT2D eigenvalue weighted by Crippen LogP contribution is 2.34. The van der Waals surface area contributed by atoms with Crippen LogP contribution in [0.4, 0.5) is 0 Å². The molecule has 2 amide bonds. The van der Waals surface area contributed by atoms with E-state index in [1.807, 2.05) is 22.4 Å². The maximum Gasteiger partial charge on any atom is 0.249 e. The molecule has 1 atom stereocenters. The first-order chi connectivity index (χ1) is 15.5. The molecule has 0 N–H and O–H groups in total. The van der Waals surface area contributed by atoms with Crippen LogP contribution in [-0.2, 0) is 25.5 Å². The van der Waals surface area contributed by atoms with Crippen molar-refractivity contribution >= 4 is 34.8 Å². The summed E-state index contributed by atoms with van der Waals surface area (Å²) in [6.07, 6.45) is 1.45. The molecule has 2 heterocycles. The third-order valence-electron chi connectivity index (χ3n) is 5.36. The number of ether oxygens (including phenoxy) is 3. The summed E-state index contributed by atoms with van der Waals surface area (Å²) in [5, 5.41) is 2.69. The SMILES string of the molecule is COCCCN(CC(=O)N1CCc2sccc2C1COc1ccc(Cl)cc1)C(=O)COC. The minimum Gasteiger partial charge on any atom is -0.491 e. The summed E-state index contributed by atoms with van der Waals surface area (Å²) >= 11 is 7.66. The van der Waals surface area contributed by atoms with Gasteiger partial charge in [-0.2, -0.15) is 0 Å². The van der Waals surface area contributed by atoms with Crippen LogP contribution in [0.2, 0.25) is 5.02 Å². The quantitative estimate of drug-likeness (QED) is 0.461. The van der Waals surface area contributed by atoms with Gasteiger partial charge in [-0.25, -0.2) is 0 Å². The minimum atomic E-state index is -0.216. The fourth-order valence-corrected chi connectivity index (χ4v) is 4.80. The first-order valence-corrected chi connectivity index (χ1v) is 11.8. The third kappa shape index (κ3) is 6.45. The lowest BCUT2D eigenvalue weighted by atomic mass is 10.0. The van der Waals surface area contributed by atoms with Crippen LogP contribution in [0.5, 0.6) is 5.75 Å². The molecular weight excluding hydrogens is 452 g/mol. The molecule has 174 valence electrons. The lowest BCUT2D eigenvalue weighted by Crippen LogP contribution is -2.48. The smallest absolute Gasteiger partial charge is 0.249 e. The van der Waals surface area contributed by atoms with Gasteiger partial charge in [0.2, 0.25) is 11.8 Å². The molecular formula is C23H29ClN2O5S. The largest absolute Gasteiger partial charge is 0.491 e. The summed E-state index contributed by atoms with van der Waals surface area (Å²) in [7, 11) is 3.09. The molecule has 1 aromatic carbocycles. The standard InChI is InChI=1S/C23H29ClN2O5S/c1-29-12-3-10-25(23(28)16-30-2)14-22(27)26-11-8-21-19(9-13-32-21)20(26)15-31-18-6-4-17(24)5-7-18/h4-7,9,13,20H,3,8,10-12,14-16H2,1-2H3. The Bertz CT molecular complexity index is 889. The number of rotatable bonds is 11. The van der Waals surface area contributed by atoms with Gasteiger partial charge in [0.25, 0.3) is 0 Å². The molecule has 0 aliphatic carbocycles.